The van der Waals surface area contributed by atoms with Crippen LogP contribution in [0.15, 0.2) is 30.3 Å². The maximum atomic E-state index is 11.3. The van der Waals surface area contributed by atoms with E-state index in [1.165, 1.54) is 5.56 Å². The lowest BCUT2D eigenvalue weighted by Crippen LogP contribution is -2.54. The van der Waals surface area contributed by atoms with E-state index in [4.69, 9.17) is 0 Å². The van der Waals surface area contributed by atoms with Gasteiger partial charge in [0.1, 0.15) is 0 Å². The van der Waals surface area contributed by atoms with Gasteiger partial charge in [-0.25, -0.2) is 0 Å². The Labute approximate surface area is 101 Å². The number of rotatable bonds is 4. The molecule has 1 aromatic rings. The molecule has 1 aliphatic rings. The molecule has 0 bridgehead atoms. The molecule has 1 saturated heterocycles. The highest BCUT2D eigenvalue weighted by Gasteiger charge is 2.24. The minimum atomic E-state index is -0.359. The number of hydrogen-bond donors (Lipinski definition) is 1. The lowest BCUT2D eigenvalue weighted by atomic mass is 10.1. The minimum Gasteiger partial charge on any atom is -0.305 e. The summed E-state index contributed by atoms with van der Waals surface area (Å²) in [5.74, 6) is -0.359. The molecule has 0 amide bonds. The minimum absolute atomic E-state index is 0.343. The van der Waals surface area contributed by atoms with Crippen molar-refractivity contribution in [2.45, 2.75) is 12.6 Å². The third-order valence-corrected chi connectivity index (χ3v) is 2.97. The summed E-state index contributed by atoms with van der Waals surface area (Å²) >= 11 is 0. The van der Waals surface area contributed by atoms with Gasteiger partial charge in [0.05, 0.1) is 6.04 Å². The van der Waals surface area contributed by atoms with E-state index >= 15 is 0 Å². The number of carbonyl (C=O) groups excluding carboxylic acids is 2. The van der Waals surface area contributed by atoms with Crippen molar-refractivity contribution in [2.75, 3.05) is 19.6 Å². The van der Waals surface area contributed by atoms with Gasteiger partial charge in [-0.1, -0.05) is 30.3 Å². The second kappa shape index (κ2) is 5.70. The summed E-state index contributed by atoms with van der Waals surface area (Å²) in [5.41, 5.74) is 1.23. The molecule has 17 heavy (non-hydrogen) atoms. The zero-order valence-electron chi connectivity index (χ0n) is 9.63. The number of nitrogens with one attached hydrogen (secondary N) is 1. The summed E-state index contributed by atoms with van der Waals surface area (Å²) < 4.78 is 0. The van der Waals surface area contributed by atoms with Gasteiger partial charge in [-0.15, -0.1) is 0 Å². The van der Waals surface area contributed by atoms with Crippen LogP contribution >= 0.6 is 0 Å². The fraction of sp³-hybridized carbons (Fsp3) is 0.385. The molecule has 0 radical (unpaired) electrons. The number of Topliss-reactive ketones (excluding diaryl/α,β-unsaturated/α-hetero) is 1. The van der Waals surface area contributed by atoms with Crippen molar-refractivity contribution in [1.82, 2.24) is 10.2 Å². The molecular weight excluding hydrogens is 216 g/mol. The van der Waals surface area contributed by atoms with Crippen molar-refractivity contribution < 1.29 is 9.59 Å². The lowest BCUT2D eigenvalue weighted by molar-refractivity contribution is -0.132. The Hall–Kier alpha value is -1.52. The molecule has 1 aliphatic heterocycles. The topological polar surface area (TPSA) is 49.4 Å². The van der Waals surface area contributed by atoms with Gasteiger partial charge in [0.25, 0.3) is 0 Å². The third-order valence-electron chi connectivity index (χ3n) is 2.97. The maximum absolute atomic E-state index is 11.3. The summed E-state index contributed by atoms with van der Waals surface area (Å²) in [4.78, 5) is 24.0. The fourth-order valence-electron chi connectivity index (χ4n) is 2.07. The molecular formula is C13H16N2O2. The van der Waals surface area contributed by atoms with E-state index in [1.807, 2.05) is 18.2 Å². The number of aldehydes is 1. The Kier molecular flexibility index (Phi) is 4.01. The second-order valence-corrected chi connectivity index (χ2v) is 4.25. The van der Waals surface area contributed by atoms with E-state index in [2.05, 4.69) is 22.3 Å². The average molecular weight is 232 g/mol. The van der Waals surface area contributed by atoms with Crippen LogP contribution in [0.3, 0.4) is 0 Å². The Morgan fingerprint density at radius 3 is 2.88 bits per heavy atom. The largest absolute Gasteiger partial charge is 0.305 e. The summed E-state index contributed by atoms with van der Waals surface area (Å²) in [6.07, 6.45) is 0.406. The Morgan fingerprint density at radius 2 is 2.18 bits per heavy atom. The average Bonchev–Trinajstić information content (AvgIpc) is 2.39. The van der Waals surface area contributed by atoms with Gasteiger partial charge in [0.2, 0.25) is 5.78 Å². The number of carbonyl (C=O) groups is 2. The highest BCUT2D eigenvalue weighted by atomic mass is 16.2. The summed E-state index contributed by atoms with van der Waals surface area (Å²) in [7, 11) is 0. The van der Waals surface area contributed by atoms with Gasteiger partial charge in [-0.05, 0) is 5.56 Å². The van der Waals surface area contributed by atoms with Crippen LogP contribution in [0.2, 0.25) is 0 Å². The van der Waals surface area contributed by atoms with Crippen LogP contribution in [0.5, 0.6) is 0 Å². The number of nitrogens with zero attached hydrogens (tertiary/aromatic N) is 1. The molecule has 0 aliphatic carbocycles. The highest BCUT2D eigenvalue weighted by Crippen LogP contribution is 2.07. The Morgan fingerprint density at radius 1 is 1.41 bits per heavy atom. The quantitative estimate of drug-likeness (QED) is 0.596. The molecule has 0 spiro atoms. The molecule has 1 heterocycles. The third kappa shape index (κ3) is 3.22. The van der Waals surface area contributed by atoms with Gasteiger partial charge in [-0.2, -0.15) is 0 Å². The summed E-state index contributed by atoms with van der Waals surface area (Å²) in [6.45, 7) is 3.08. The Balaban J connectivity index is 1.94. The van der Waals surface area contributed by atoms with Gasteiger partial charge < -0.3 is 5.32 Å². The number of piperazine rings is 1. The smallest absolute Gasteiger partial charge is 0.213 e. The first-order chi connectivity index (χ1) is 8.29. The molecule has 1 N–H and O–H groups in total. The van der Waals surface area contributed by atoms with E-state index in [0.717, 1.165) is 19.6 Å². The fourth-order valence-corrected chi connectivity index (χ4v) is 2.07. The number of ketones is 1. The van der Waals surface area contributed by atoms with E-state index in [-0.39, 0.29) is 11.8 Å². The van der Waals surface area contributed by atoms with Gasteiger partial charge in [0.15, 0.2) is 6.29 Å². The predicted molar refractivity (Wildman–Crippen MR) is 64.6 cm³/mol. The predicted octanol–water partition coefficient (Wildman–Crippen LogP) is 0.228. The normalized spacial score (nSPS) is 21.1. The second-order valence-electron chi connectivity index (χ2n) is 4.25. The molecule has 1 fully saturated rings. The van der Waals surface area contributed by atoms with Crippen molar-refractivity contribution >= 4 is 12.1 Å². The SMILES string of the molecule is O=CC(=O)[C@@H]1CN(Cc2ccccc2)CCN1. The van der Waals surface area contributed by atoms with Crippen LogP contribution in [0.1, 0.15) is 5.56 Å². The van der Waals surface area contributed by atoms with Crippen molar-refractivity contribution in [2.24, 2.45) is 0 Å². The van der Waals surface area contributed by atoms with Crippen molar-refractivity contribution in [1.29, 1.82) is 0 Å². The molecule has 1 aromatic carbocycles. The van der Waals surface area contributed by atoms with Crippen LogP contribution in [0.4, 0.5) is 0 Å². The first-order valence-corrected chi connectivity index (χ1v) is 5.78. The molecule has 90 valence electrons. The molecule has 0 unspecified atom stereocenters. The molecule has 2 rings (SSSR count). The molecule has 4 heteroatoms. The molecule has 0 aromatic heterocycles. The van der Waals surface area contributed by atoms with Crippen LogP contribution in [-0.4, -0.2) is 42.6 Å². The highest BCUT2D eigenvalue weighted by molar-refractivity contribution is 6.27. The van der Waals surface area contributed by atoms with Crippen LogP contribution < -0.4 is 5.32 Å². The standard InChI is InChI=1S/C13H16N2O2/c16-10-13(17)12-9-15(7-6-14-12)8-11-4-2-1-3-5-11/h1-5,10,12,14H,6-9H2/t12-/m0/s1. The van der Waals surface area contributed by atoms with E-state index in [0.29, 0.717) is 12.8 Å². The van der Waals surface area contributed by atoms with Crippen LogP contribution in [0.25, 0.3) is 0 Å². The first-order valence-electron chi connectivity index (χ1n) is 5.78. The Bertz CT molecular complexity index is 392. The maximum Gasteiger partial charge on any atom is 0.213 e. The zero-order valence-corrected chi connectivity index (χ0v) is 9.63. The van der Waals surface area contributed by atoms with Crippen LogP contribution in [0, 0.1) is 0 Å². The number of hydrogen-bond acceptors (Lipinski definition) is 4. The van der Waals surface area contributed by atoms with Crippen molar-refractivity contribution in [3.63, 3.8) is 0 Å². The van der Waals surface area contributed by atoms with E-state index in [1.54, 1.807) is 0 Å². The summed E-state index contributed by atoms with van der Waals surface area (Å²) in [6, 6.07) is 9.79. The van der Waals surface area contributed by atoms with Gasteiger partial charge >= 0.3 is 0 Å². The van der Waals surface area contributed by atoms with E-state index in [9.17, 15) is 9.59 Å². The lowest BCUT2D eigenvalue weighted by Gasteiger charge is -2.32. The van der Waals surface area contributed by atoms with Gasteiger partial charge in [-0.3, -0.25) is 14.5 Å². The molecule has 4 nitrogen and oxygen atoms in total. The number of benzene rings is 1. The van der Waals surface area contributed by atoms with Gasteiger partial charge in [0, 0.05) is 26.2 Å². The van der Waals surface area contributed by atoms with E-state index < -0.39 is 0 Å². The first kappa shape index (κ1) is 12.0. The van der Waals surface area contributed by atoms with Crippen molar-refractivity contribution in [3.05, 3.63) is 35.9 Å². The summed E-state index contributed by atoms with van der Waals surface area (Å²) in [5, 5.41) is 3.06. The monoisotopic (exact) mass is 232 g/mol. The van der Waals surface area contributed by atoms with Crippen LogP contribution in [-0.2, 0) is 16.1 Å². The molecule has 0 saturated carbocycles. The zero-order chi connectivity index (χ0) is 12.1. The van der Waals surface area contributed by atoms with Crippen molar-refractivity contribution in [3.8, 4) is 0 Å². The molecule has 1 atom stereocenters.